The topological polar surface area (TPSA) is 58.2 Å². The molecule has 0 fully saturated rings. The van der Waals surface area contributed by atoms with Crippen LogP contribution in [0.25, 0.3) is 0 Å². The van der Waals surface area contributed by atoms with Gasteiger partial charge in [0.25, 0.3) is 0 Å². The highest BCUT2D eigenvalue weighted by Crippen LogP contribution is 2.40. The van der Waals surface area contributed by atoms with Crippen molar-refractivity contribution in [3.05, 3.63) is 116 Å². The van der Waals surface area contributed by atoms with E-state index in [-0.39, 0.29) is 11.6 Å². The summed E-state index contributed by atoms with van der Waals surface area (Å²) in [4.78, 5) is 27.4. The lowest BCUT2D eigenvalue weighted by atomic mass is 9.82. The Morgan fingerprint density at radius 2 is 0.906 bits per heavy atom. The van der Waals surface area contributed by atoms with Gasteiger partial charge >= 0.3 is 0 Å². The molecule has 1 aliphatic carbocycles. The van der Waals surface area contributed by atoms with Crippen LogP contribution in [0.2, 0.25) is 0 Å². The van der Waals surface area contributed by atoms with Gasteiger partial charge in [0.2, 0.25) is 0 Å². The lowest BCUT2D eigenvalue weighted by molar-refractivity contribution is 0.0980. The molecule has 0 heterocycles. The van der Waals surface area contributed by atoms with Gasteiger partial charge in [0.1, 0.15) is 0 Å². The molecule has 0 amide bonds. The van der Waals surface area contributed by atoms with Crippen LogP contribution in [0.4, 0.5) is 22.7 Å². The van der Waals surface area contributed by atoms with Gasteiger partial charge in [0, 0.05) is 31.4 Å². The van der Waals surface area contributed by atoms with Crippen molar-refractivity contribution in [1.29, 1.82) is 0 Å². The fourth-order valence-electron chi connectivity index (χ4n) is 3.88. The Morgan fingerprint density at radius 3 is 1.28 bits per heavy atom. The first-order chi connectivity index (χ1) is 15.5. The van der Waals surface area contributed by atoms with Crippen LogP contribution in [0.5, 0.6) is 0 Å². The predicted octanol–water partition coefficient (Wildman–Crippen LogP) is 7.47. The smallest absolute Gasteiger partial charge is 0.196 e. The molecule has 0 saturated heterocycles. The molecule has 0 bridgehead atoms. The Kier molecular flexibility index (Phi) is 5.41. The van der Waals surface area contributed by atoms with Crippen molar-refractivity contribution < 1.29 is 9.59 Å². The van der Waals surface area contributed by atoms with Crippen molar-refractivity contribution in [2.75, 3.05) is 10.6 Å². The minimum atomic E-state index is -0.196. The SMILES string of the molecule is O=C1c2cc(Br)cc(Nc3ccccc3)c2C(=O)c2cc(Br)cc(Nc3ccccc3)c21. The van der Waals surface area contributed by atoms with Gasteiger partial charge in [-0.15, -0.1) is 0 Å². The normalized spacial score (nSPS) is 12.2. The lowest BCUT2D eigenvalue weighted by Crippen LogP contribution is -2.23. The number of ketones is 2. The number of fused-ring (bicyclic) bond motifs is 2. The highest BCUT2D eigenvalue weighted by molar-refractivity contribution is 9.10. The fourth-order valence-corrected chi connectivity index (χ4v) is 4.80. The average molecular weight is 548 g/mol. The van der Waals surface area contributed by atoms with Crippen molar-refractivity contribution in [3.8, 4) is 0 Å². The van der Waals surface area contributed by atoms with Crippen LogP contribution in [-0.4, -0.2) is 11.6 Å². The first-order valence-electron chi connectivity index (χ1n) is 9.92. The number of benzene rings is 4. The van der Waals surface area contributed by atoms with Crippen molar-refractivity contribution in [1.82, 2.24) is 0 Å². The van der Waals surface area contributed by atoms with Crippen LogP contribution in [0.1, 0.15) is 31.8 Å². The van der Waals surface area contributed by atoms with E-state index in [0.29, 0.717) is 42.6 Å². The number of anilines is 4. The van der Waals surface area contributed by atoms with Crippen LogP contribution >= 0.6 is 31.9 Å². The van der Waals surface area contributed by atoms with E-state index in [9.17, 15) is 9.59 Å². The van der Waals surface area contributed by atoms with Gasteiger partial charge in [-0.05, 0) is 48.5 Å². The molecule has 4 nitrogen and oxygen atoms in total. The van der Waals surface area contributed by atoms with Crippen LogP contribution in [-0.2, 0) is 0 Å². The first-order valence-corrected chi connectivity index (χ1v) is 11.5. The number of rotatable bonds is 4. The summed E-state index contributed by atoms with van der Waals surface area (Å²) in [6, 6.07) is 26.2. The Morgan fingerprint density at radius 1 is 0.531 bits per heavy atom. The summed E-state index contributed by atoms with van der Waals surface area (Å²) in [7, 11) is 0. The lowest BCUT2D eigenvalue weighted by Gasteiger charge is -2.24. The number of carbonyl (C=O) groups is 2. The molecule has 32 heavy (non-hydrogen) atoms. The third-order valence-electron chi connectivity index (χ3n) is 5.26. The molecule has 0 spiro atoms. The number of nitrogens with one attached hydrogen (secondary N) is 2. The standard InChI is InChI=1S/C26H16Br2N2O2/c27-15-11-19-23(21(13-15)29-17-7-3-1-4-8-17)25(31)20-12-16(28)14-22(24(20)26(19)32)30-18-9-5-2-6-10-18/h1-14,29-30H. The molecule has 5 rings (SSSR count). The van der Waals surface area contributed by atoms with E-state index in [1.165, 1.54) is 0 Å². The van der Waals surface area contributed by atoms with Gasteiger partial charge in [-0.2, -0.15) is 0 Å². The molecule has 6 heteroatoms. The summed E-state index contributed by atoms with van der Waals surface area (Å²) in [6.07, 6.45) is 0. The first kappa shape index (κ1) is 20.7. The van der Waals surface area contributed by atoms with Crippen LogP contribution < -0.4 is 10.6 Å². The Labute approximate surface area is 201 Å². The Bertz CT molecular complexity index is 1260. The molecule has 0 aliphatic heterocycles. The summed E-state index contributed by atoms with van der Waals surface area (Å²) < 4.78 is 1.43. The van der Waals surface area contributed by atoms with Gasteiger partial charge in [-0.25, -0.2) is 0 Å². The van der Waals surface area contributed by atoms with E-state index < -0.39 is 0 Å². The summed E-state index contributed by atoms with van der Waals surface area (Å²) in [6.45, 7) is 0. The zero-order valence-electron chi connectivity index (χ0n) is 16.7. The maximum atomic E-state index is 13.7. The van der Waals surface area contributed by atoms with Gasteiger partial charge < -0.3 is 10.6 Å². The summed E-state index contributed by atoms with van der Waals surface area (Å²) >= 11 is 7.00. The van der Waals surface area contributed by atoms with Gasteiger partial charge in [-0.3, -0.25) is 9.59 Å². The second kappa shape index (κ2) is 8.37. The summed E-state index contributed by atoms with van der Waals surface area (Å²) in [5.41, 5.74) is 4.32. The molecule has 0 aromatic heterocycles. The second-order valence-corrected chi connectivity index (χ2v) is 9.22. The van der Waals surface area contributed by atoms with Crippen LogP contribution in [0.3, 0.4) is 0 Å². The van der Waals surface area contributed by atoms with E-state index in [1.807, 2.05) is 72.8 Å². The van der Waals surface area contributed by atoms with E-state index in [2.05, 4.69) is 42.5 Å². The molecule has 0 atom stereocenters. The number of hydrogen-bond donors (Lipinski definition) is 2. The molecule has 1 aliphatic rings. The monoisotopic (exact) mass is 546 g/mol. The van der Waals surface area contributed by atoms with E-state index in [1.54, 1.807) is 12.1 Å². The minimum absolute atomic E-state index is 0.196. The number of para-hydroxylation sites is 2. The van der Waals surface area contributed by atoms with Crippen LogP contribution in [0, 0.1) is 0 Å². The zero-order chi connectivity index (χ0) is 22.2. The zero-order valence-corrected chi connectivity index (χ0v) is 19.8. The number of carbonyl (C=O) groups excluding carboxylic acids is 2. The van der Waals surface area contributed by atoms with Gasteiger partial charge in [0.15, 0.2) is 11.6 Å². The molecule has 0 radical (unpaired) electrons. The summed E-state index contributed by atoms with van der Waals surface area (Å²) in [5.74, 6) is -0.393. The van der Waals surface area contributed by atoms with Crippen molar-refractivity contribution in [2.24, 2.45) is 0 Å². The molecule has 0 saturated carbocycles. The van der Waals surface area contributed by atoms with E-state index in [0.717, 1.165) is 11.4 Å². The largest absolute Gasteiger partial charge is 0.355 e. The number of halogens is 2. The third kappa shape index (κ3) is 3.76. The van der Waals surface area contributed by atoms with E-state index >= 15 is 0 Å². The van der Waals surface area contributed by atoms with Crippen molar-refractivity contribution in [2.45, 2.75) is 0 Å². The Balaban J connectivity index is 1.66. The molecular formula is C26H16Br2N2O2. The highest BCUT2D eigenvalue weighted by Gasteiger charge is 2.34. The van der Waals surface area contributed by atoms with Crippen molar-refractivity contribution in [3.63, 3.8) is 0 Å². The molecule has 4 aromatic carbocycles. The molecule has 156 valence electrons. The molecule has 2 N–H and O–H groups in total. The third-order valence-corrected chi connectivity index (χ3v) is 6.17. The summed E-state index contributed by atoms with van der Waals surface area (Å²) in [5, 5.41) is 6.59. The minimum Gasteiger partial charge on any atom is -0.355 e. The molecular weight excluding hydrogens is 532 g/mol. The number of hydrogen-bond acceptors (Lipinski definition) is 4. The van der Waals surface area contributed by atoms with Gasteiger partial charge in [0.05, 0.1) is 22.5 Å². The van der Waals surface area contributed by atoms with E-state index in [4.69, 9.17) is 0 Å². The Hall–Kier alpha value is -3.22. The second-order valence-electron chi connectivity index (χ2n) is 7.39. The quantitative estimate of drug-likeness (QED) is 0.245. The maximum Gasteiger partial charge on any atom is 0.196 e. The predicted molar refractivity (Wildman–Crippen MR) is 135 cm³/mol. The maximum absolute atomic E-state index is 13.7. The molecule has 0 unspecified atom stereocenters. The van der Waals surface area contributed by atoms with Gasteiger partial charge in [-0.1, -0.05) is 68.3 Å². The highest BCUT2D eigenvalue weighted by atomic mass is 79.9. The fraction of sp³-hybridized carbons (Fsp3) is 0. The average Bonchev–Trinajstić information content (AvgIpc) is 2.78. The van der Waals surface area contributed by atoms with Crippen molar-refractivity contribution >= 4 is 66.2 Å². The van der Waals surface area contributed by atoms with Crippen LogP contribution in [0.15, 0.2) is 93.9 Å². The molecule has 4 aromatic rings.